The molecule has 1 saturated heterocycles. The summed E-state index contributed by atoms with van der Waals surface area (Å²) in [7, 11) is 1.80. The van der Waals surface area contributed by atoms with Gasteiger partial charge in [-0.25, -0.2) is 14.2 Å². The van der Waals surface area contributed by atoms with E-state index in [1.807, 2.05) is 35.2 Å². The monoisotopic (exact) mass is 493 g/mol. The van der Waals surface area contributed by atoms with Gasteiger partial charge in [0.15, 0.2) is 0 Å². The summed E-state index contributed by atoms with van der Waals surface area (Å²) < 4.78 is 20.0. The topological polar surface area (TPSA) is 68.7 Å². The molecule has 3 heterocycles. The molecule has 0 spiro atoms. The summed E-state index contributed by atoms with van der Waals surface area (Å²) in [5.74, 6) is 0.168. The van der Waals surface area contributed by atoms with Gasteiger partial charge in [-0.1, -0.05) is 30.3 Å². The Balaban J connectivity index is 1.29. The number of carbonyl (C=O) groups is 2. The van der Waals surface area contributed by atoms with Gasteiger partial charge in [0, 0.05) is 52.3 Å². The minimum atomic E-state index is -0.358. The molecule has 0 bridgehead atoms. The number of carbonyl (C=O) groups excluding carboxylic acids is 2. The zero-order valence-corrected chi connectivity index (χ0v) is 20.8. The fourth-order valence-electron chi connectivity index (χ4n) is 5.28. The molecule has 2 aromatic rings. The van der Waals surface area contributed by atoms with Gasteiger partial charge >= 0.3 is 6.03 Å². The van der Waals surface area contributed by atoms with Gasteiger partial charge in [0.25, 0.3) is 0 Å². The molecule has 0 N–H and O–H groups in total. The highest BCUT2D eigenvalue weighted by Gasteiger charge is 2.45. The number of nitrogens with zero attached hydrogens (tertiary/aromatic N) is 5. The van der Waals surface area contributed by atoms with Crippen molar-refractivity contribution in [1.82, 2.24) is 19.7 Å². The third kappa shape index (κ3) is 4.80. The first kappa shape index (κ1) is 24.2. The molecule has 36 heavy (non-hydrogen) atoms. The second-order valence-electron chi connectivity index (χ2n) is 9.65. The number of amides is 3. The van der Waals surface area contributed by atoms with Crippen LogP contribution in [0.3, 0.4) is 0 Å². The zero-order valence-electron chi connectivity index (χ0n) is 20.8. The SMILES string of the molecule is CC(=O)N1CCN(CCCN(C)C(=O)N2N=C3c4cc(F)ccc4OCC3C2c2ccccc2)CC1. The molecule has 1 fully saturated rings. The number of hydrogen-bond acceptors (Lipinski definition) is 5. The molecule has 0 aliphatic carbocycles. The third-order valence-electron chi connectivity index (χ3n) is 7.30. The summed E-state index contributed by atoms with van der Waals surface area (Å²) >= 11 is 0. The molecular weight excluding hydrogens is 461 g/mol. The highest BCUT2D eigenvalue weighted by Crippen LogP contribution is 2.43. The second-order valence-corrected chi connectivity index (χ2v) is 9.65. The van der Waals surface area contributed by atoms with Crippen molar-refractivity contribution in [1.29, 1.82) is 0 Å². The number of piperazine rings is 1. The van der Waals surface area contributed by atoms with Crippen molar-refractivity contribution in [2.24, 2.45) is 11.0 Å². The molecule has 2 aromatic carbocycles. The average Bonchev–Trinajstić information content (AvgIpc) is 3.29. The molecule has 0 saturated carbocycles. The van der Waals surface area contributed by atoms with Crippen LogP contribution in [0.2, 0.25) is 0 Å². The molecular formula is C27H32FN5O3. The predicted octanol–water partition coefficient (Wildman–Crippen LogP) is 3.20. The van der Waals surface area contributed by atoms with Crippen molar-refractivity contribution in [3.05, 3.63) is 65.5 Å². The standard InChI is InChI=1S/C27H32FN5O3/c1-19(34)32-15-13-31(14-16-32)12-6-11-30(2)27(35)33-26(20-7-4-3-5-8-20)23-18-36-24-10-9-21(28)17-22(24)25(23)29-33/h3-5,7-10,17,23,26H,6,11-16,18H2,1-2H3. The van der Waals surface area contributed by atoms with E-state index in [1.54, 1.807) is 29.9 Å². The molecule has 9 heteroatoms. The van der Waals surface area contributed by atoms with Crippen molar-refractivity contribution in [2.75, 3.05) is 52.9 Å². The molecule has 0 radical (unpaired) electrons. The molecule has 190 valence electrons. The summed E-state index contributed by atoms with van der Waals surface area (Å²) in [5, 5.41) is 6.30. The smallest absolute Gasteiger partial charge is 0.340 e. The molecule has 3 amide bonds. The minimum Gasteiger partial charge on any atom is -0.492 e. The van der Waals surface area contributed by atoms with E-state index in [-0.39, 0.29) is 29.7 Å². The summed E-state index contributed by atoms with van der Waals surface area (Å²) in [6.07, 6.45) is 0.823. The molecule has 0 aromatic heterocycles. The van der Waals surface area contributed by atoms with Crippen molar-refractivity contribution in [2.45, 2.75) is 19.4 Å². The van der Waals surface area contributed by atoms with Gasteiger partial charge in [-0.3, -0.25) is 9.69 Å². The maximum absolute atomic E-state index is 14.1. The number of ether oxygens (including phenoxy) is 1. The zero-order chi connectivity index (χ0) is 25.2. The van der Waals surface area contributed by atoms with Crippen LogP contribution >= 0.6 is 0 Å². The Morgan fingerprint density at radius 2 is 1.86 bits per heavy atom. The highest BCUT2D eigenvalue weighted by molar-refractivity contribution is 6.07. The van der Waals surface area contributed by atoms with Crippen molar-refractivity contribution in [3.8, 4) is 5.75 Å². The van der Waals surface area contributed by atoms with E-state index in [1.165, 1.54) is 12.1 Å². The number of hydrogen-bond donors (Lipinski definition) is 0. The van der Waals surface area contributed by atoms with Crippen LogP contribution in [-0.2, 0) is 4.79 Å². The van der Waals surface area contributed by atoms with Crippen LogP contribution in [0.4, 0.5) is 9.18 Å². The van der Waals surface area contributed by atoms with Gasteiger partial charge in [-0.15, -0.1) is 0 Å². The van der Waals surface area contributed by atoms with Crippen LogP contribution in [0.5, 0.6) is 5.75 Å². The normalized spacial score (nSPS) is 21.4. The summed E-state index contributed by atoms with van der Waals surface area (Å²) in [5.41, 5.74) is 2.26. The van der Waals surface area contributed by atoms with Crippen LogP contribution in [0.1, 0.15) is 30.5 Å². The molecule has 3 aliphatic heterocycles. The van der Waals surface area contributed by atoms with Crippen molar-refractivity contribution in [3.63, 3.8) is 0 Å². The number of rotatable bonds is 5. The van der Waals surface area contributed by atoms with Crippen LogP contribution in [0, 0.1) is 11.7 Å². The maximum atomic E-state index is 14.1. The van der Waals surface area contributed by atoms with E-state index in [0.717, 1.165) is 44.7 Å². The van der Waals surface area contributed by atoms with E-state index in [2.05, 4.69) is 4.90 Å². The van der Waals surface area contributed by atoms with E-state index in [0.29, 0.717) is 30.2 Å². The fraction of sp³-hybridized carbons (Fsp3) is 0.444. The van der Waals surface area contributed by atoms with E-state index >= 15 is 0 Å². The maximum Gasteiger partial charge on any atom is 0.340 e. The lowest BCUT2D eigenvalue weighted by molar-refractivity contribution is -0.130. The number of benzene rings is 2. The van der Waals surface area contributed by atoms with E-state index in [4.69, 9.17) is 9.84 Å². The lowest BCUT2D eigenvalue weighted by Gasteiger charge is -2.34. The molecule has 8 nitrogen and oxygen atoms in total. The number of halogens is 1. The Kier molecular flexibility index (Phi) is 6.91. The van der Waals surface area contributed by atoms with Crippen LogP contribution in [-0.4, -0.2) is 90.3 Å². The lowest BCUT2D eigenvalue weighted by Crippen LogP contribution is -2.48. The molecule has 5 rings (SSSR count). The predicted molar refractivity (Wildman–Crippen MR) is 134 cm³/mol. The van der Waals surface area contributed by atoms with Gasteiger partial charge in [-0.2, -0.15) is 5.10 Å². The van der Waals surface area contributed by atoms with Gasteiger partial charge in [0.1, 0.15) is 11.6 Å². The summed E-state index contributed by atoms with van der Waals surface area (Å²) in [6, 6.07) is 13.7. The lowest BCUT2D eigenvalue weighted by atomic mass is 9.86. The Hall–Kier alpha value is -3.46. The van der Waals surface area contributed by atoms with Crippen molar-refractivity contribution < 1.29 is 18.7 Å². The molecule has 2 unspecified atom stereocenters. The van der Waals surface area contributed by atoms with Crippen LogP contribution < -0.4 is 4.74 Å². The third-order valence-corrected chi connectivity index (χ3v) is 7.30. The van der Waals surface area contributed by atoms with Gasteiger partial charge in [0.2, 0.25) is 5.91 Å². The van der Waals surface area contributed by atoms with E-state index < -0.39 is 0 Å². The Labute approximate surface area is 210 Å². The minimum absolute atomic E-state index is 0.122. The quantitative estimate of drug-likeness (QED) is 0.642. The highest BCUT2D eigenvalue weighted by atomic mass is 19.1. The first-order chi connectivity index (χ1) is 17.4. The molecule has 3 aliphatic rings. The Bertz CT molecular complexity index is 1150. The van der Waals surface area contributed by atoms with Gasteiger partial charge in [-0.05, 0) is 36.7 Å². The number of urea groups is 1. The second kappa shape index (κ2) is 10.3. The summed E-state index contributed by atoms with van der Waals surface area (Å²) in [6.45, 7) is 6.63. The van der Waals surface area contributed by atoms with Gasteiger partial charge < -0.3 is 14.5 Å². The van der Waals surface area contributed by atoms with Crippen LogP contribution in [0.15, 0.2) is 53.6 Å². The number of fused-ring (bicyclic) bond motifs is 3. The van der Waals surface area contributed by atoms with Crippen molar-refractivity contribution >= 4 is 17.6 Å². The van der Waals surface area contributed by atoms with Gasteiger partial charge in [0.05, 0.1) is 24.3 Å². The average molecular weight is 494 g/mol. The largest absolute Gasteiger partial charge is 0.492 e. The number of hydrazone groups is 1. The molecule has 2 atom stereocenters. The fourth-order valence-corrected chi connectivity index (χ4v) is 5.28. The Morgan fingerprint density at radius 3 is 2.58 bits per heavy atom. The summed E-state index contributed by atoms with van der Waals surface area (Å²) in [4.78, 5) is 31.1. The van der Waals surface area contributed by atoms with Crippen LogP contribution in [0.25, 0.3) is 0 Å². The Morgan fingerprint density at radius 1 is 1.11 bits per heavy atom. The first-order valence-corrected chi connectivity index (χ1v) is 12.5. The van der Waals surface area contributed by atoms with E-state index in [9.17, 15) is 14.0 Å². The first-order valence-electron chi connectivity index (χ1n) is 12.5.